The van der Waals surface area contributed by atoms with Crippen molar-refractivity contribution < 1.29 is 4.80 Å². The Hall–Kier alpha value is 0.0569. The summed E-state index contributed by atoms with van der Waals surface area (Å²) in [5.41, 5.74) is 0. The largest absolute Gasteiger partial charge is 0.432 e. The summed E-state index contributed by atoms with van der Waals surface area (Å²) in [7, 11) is -2.07. The van der Waals surface area contributed by atoms with Crippen LogP contribution >= 0.6 is 0 Å². The first-order valence-corrected chi connectivity index (χ1v) is 10.6. The highest BCUT2D eigenvalue weighted by molar-refractivity contribution is 6.72. The van der Waals surface area contributed by atoms with Crippen LogP contribution < -0.4 is 16.0 Å². The molecule has 4 nitrogen and oxygen atoms in total. The SMILES string of the molecule is CC(C)(CC[C@@H]1CNCCNCCCN1)[Si](C)(C)O. The smallest absolute Gasteiger partial charge is 0.188 e. The molecular weight excluding hydrogens is 254 g/mol. The van der Waals surface area contributed by atoms with Gasteiger partial charge in [-0.2, -0.15) is 0 Å². The summed E-state index contributed by atoms with van der Waals surface area (Å²) in [5, 5.41) is 10.7. The fourth-order valence-electron chi connectivity index (χ4n) is 2.21. The van der Waals surface area contributed by atoms with E-state index in [0.717, 1.165) is 45.6 Å². The Labute approximate surface area is 119 Å². The van der Waals surface area contributed by atoms with Crippen molar-refractivity contribution in [3.8, 4) is 0 Å². The molecule has 1 heterocycles. The van der Waals surface area contributed by atoms with Crippen molar-refractivity contribution in [3.63, 3.8) is 0 Å². The second-order valence-corrected chi connectivity index (χ2v) is 11.4. The number of nitrogens with one attached hydrogen (secondary N) is 3. The van der Waals surface area contributed by atoms with Crippen molar-refractivity contribution in [2.75, 3.05) is 32.7 Å². The molecule has 1 rings (SSSR count). The molecule has 0 aliphatic carbocycles. The monoisotopic (exact) mass is 287 g/mol. The predicted octanol–water partition coefficient (Wildman–Crippen LogP) is 1.29. The van der Waals surface area contributed by atoms with Crippen molar-refractivity contribution >= 4 is 8.32 Å². The van der Waals surface area contributed by atoms with E-state index < -0.39 is 8.32 Å². The Kier molecular flexibility index (Phi) is 6.97. The summed E-state index contributed by atoms with van der Waals surface area (Å²) >= 11 is 0. The summed E-state index contributed by atoms with van der Waals surface area (Å²) in [5.74, 6) is 0. The van der Waals surface area contributed by atoms with Crippen LogP contribution in [0.25, 0.3) is 0 Å². The normalized spacial score (nSPS) is 24.2. The van der Waals surface area contributed by atoms with Crippen LogP contribution in [0.1, 0.15) is 33.1 Å². The van der Waals surface area contributed by atoms with Gasteiger partial charge in [-0.1, -0.05) is 13.8 Å². The third kappa shape index (κ3) is 6.36. The topological polar surface area (TPSA) is 56.3 Å². The van der Waals surface area contributed by atoms with E-state index in [1.807, 2.05) is 0 Å². The quantitative estimate of drug-likeness (QED) is 0.589. The van der Waals surface area contributed by atoms with Crippen LogP contribution in [0.3, 0.4) is 0 Å². The maximum absolute atomic E-state index is 10.4. The molecule has 1 aliphatic rings. The van der Waals surface area contributed by atoms with Gasteiger partial charge in [0.15, 0.2) is 8.32 Å². The molecule has 0 unspecified atom stereocenters. The number of rotatable bonds is 4. The highest BCUT2D eigenvalue weighted by atomic mass is 28.4. The van der Waals surface area contributed by atoms with E-state index in [1.54, 1.807) is 0 Å². The molecule has 114 valence electrons. The summed E-state index contributed by atoms with van der Waals surface area (Å²) in [6.07, 6.45) is 3.44. The van der Waals surface area contributed by atoms with Crippen LogP contribution in [0.5, 0.6) is 0 Å². The van der Waals surface area contributed by atoms with E-state index in [9.17, 15) is 4.80 Å². The van der Waals surface area contributed by atoms with Crippen LogP contribution in [-0.2, 0) is 0 Å². The van der Waals surface area contributed by atoms with Gasteiger partial charge in [0.25, 0.3) is 0 Å². The predicted molar refractivity (Wildman–Crippen MR) is 85.1 cm³/mol. The number of hydrogen-bond donors (Lipinski definition) is 4. The lowest BCUT2D eigenvalue weighted by Crippen LogP contribution is -2.45. The molecule has 0 radical (unpaired) electrons. The van der Waals surface area contributed by atoms with Gasteiger partial charge in [0.2, 0.25) is 0 Å². The average molecular weight is 288 g/mol. The first-order chi connectivity index (χ1) is 8.83. The van der Waals surface area contributed by atoms with Crippen LogP contribution in [-0.4, -0.2) is 51.9 Å². The van der Waals surface area contributed by atoms with E-state index in [-0.39, 0.29) is 5.04 Å². The highest BCUT2D eigenvalue weighted by Gasteiger charge is 2.37. The van der Waals surface area contributed by atoms with E-state index in [1.165, 1.54) is 6.42 Å². The van der Waals surface area contributed by atoms with Crippen molar-refractivity contribution in [2.24, 2.45) is 0 Å². The molecule has 0 aromatic rings. The van der Waals surface area contributed by atoms with Gasteiger partial charge in [0.1, 0.15) is 0 Å². The van der Waals surface area contributed by atoms with Gasteiger partial charge in [-0.3, -0.25) is 0 Å². The first kappa shape index (κ1) is 17.1. The van der Waals surface area contributed by atoms with Gasteiger partial charge in [-0.15, -0.1) is 0 Å². The summed E-state index contributed by atoms with van der Waals surface area (Å²) < 4.78 is 0. The van der Waals surface area contributed by atoms with E-state index in [0.29, 0.717) is 6.04 Å². The van der Waals surface area contributed by atoms with Gasteiger partial charge in [0.05, 0.1) is 0 Å². The Bertz CT molecular complexity index is 244. The molecule has 1 atom stereocenters. The van der Waals surface area contributed by atoms with Crippen molar-refractivity contribution in [3.05, 3.63) is 0 Å². The first-order valence-electron chi connectivity index (χ1n) is 7.70. The molecule has 0 saturated carbocycles. The van der Waals surface area contributed by atoms with Crippen molar-refractivity contribution in [1.82, 2.24) is 16.0 Å². The third-order valence-electron chi connectivity index (χ3n) is 4.61. The maximum Gasteiger partial charge on any atom is 0.188 e. The Balaban J connectivity index is 2.40. The molecule has 1 fully saturated rings. The standard InChI is InChI=1S/C14H33N3OSi/c1-14(2,19(3,4)18)7-6-13-12-16-11-10-15-8-5-9-17-13/h13,15-18H,5-12H2,1-4H3/t13-/m1/s1. The average Bonchev–Trinajstić information content (AvgIpc) is 2.32. The van der Waals surface area contributed by atoms with Crippen molar-refractivity contribution in [2.45, 2.75) is 57.3 Å². The lowest BCUT2D eigenvalue weighted by Gasteiger charge is -2.36. The summed E-state index contributed by atoms with van der Waals surface area (Å²) in [6, 6.07) is 0.536. The minimum Gasteiger partial charge on any atom is -0.432 e. The van der Waals surface area contributed by atoms with Crippen LogP contribution in [0.4, 0.5) is 0 Å². The van der Waals surface area contributed by atoms with Crippen LogP contribution in [0, 0.1) is 0 Å². The minimum atomic E-state index is -2.07. The molecular formula is C14H33N3OSi. The van der Waals surface area contributed by atoms with Gasteiger partial charge in [-0.25, -0.2) is 0 Å². The second-order valence-electron chi connectivity index (χ2n) is 6.94. The highest BCUT2D eigenvalue weighted by Crippen LogP contribution is 2.40. The fourth-order valence-corrected chi connectivity index (χ4v) is 2.97. The van der Waals surface area contributed by atoms with Gasteiger partial charge >= 0.3 is 0 Å². The van der Waals surface area contributed by atoms with Gasteiger partial charge < -0.3 is 20.7 Å². The lowest BCUT2D eigenvalue weighted by atomic mass is 10.0. The molecule has 5 heteroatoms. The van der Waals surface area contributed by atoms with Gasteiger partial charge in [-0.05, 0) is 50.5 Å². The van der Waals surface area contributed by atoms with Crippen LogP contribution in [0.2, 0.25) is 18.1 Å². The fraction of sp³-hybridized carbons (Fsp3) is 1.00. The third-order valence-corrected chi connectivity index (χ3v) is 8.17. The minimum absolute atomic E-state index is 0.0888. The zero-order valence-electron chi connectivity index (χ0n) is 13.2. The van der Waals surface area contributed by atoms with Crippen molar-refractivity contribution in [1.29, 1.82) is 0 Å². The molecule has 1 saturated heterocycles. The molecule has 19 heavy (non-hydrogen) atoms. The lowest BCUT2D eigenvalue weighted by molar-refractivity contribution is 0.378. The zero-order valence-corrected chi connectivity index (χ0v) is 14.2. The summed E-state index contributed by atoms with van der Waals surface area (Å²) in [6.45, 7) is 13.9. The molecule has 1 aliphatic heterocycles. The Morgan fingerprint density at radius 3 is 2.47 bits per heavy atom. The summed E-state index contributed by atoms with van der Waals surface area (Å²) in [4.78, 5) is 10.4. The van der Waals surface area contributed by atoms with E-state index >= 15 is 0 Å². The maximum atomic E-state index is 10.4. The van der Waals surface area contributed by atoms with E-state index in [2.05, 4.69) is 42.9 Å². The van der Waals surface area contributed by atoms with Crippen LogP contribution in [0.15, 0.2) is 0 Å². The Morgan fingerprint density at radius 2 is 1.79 bits per heavy atom. The molecule has 4 N–H and O–H groups in total. The molecule has 0 bridgehead atoms. The zero-order chi connectivity index (χ0) is 14.4. The number of hydrogen-bond acceptors (Lipinski definition) is 4. The second kappa shape index (κ2) is 7.74. The van der Waals surface area contributed by atoms with E-state index in [4.69, 9.17) is 0 Å². The molecule has 0 amide bonds. The molecule has 0 spiro atoms. The van der Waals surface area contributed by atoms with Gasteiger partial charge in [0, 0.05) is 25.7 Å². The molecule has 0 aromatic carbocycles. The Morgan fingerprint density at radius 1 is 1.11 bits per heavy atom. The molecule has 0 aromatic heterocycles.